The normalized spacial score (nSPS) is 19.1. The summed E-state index contributed by atoms with van der Waals surface area (Å²) in [4.78, 5) is 16.1. The third-order valence-corrected chi connectivity index (χ3v) is 4.02. The molecule has 0 spiro atoms. The van der Waals surface area contributed by atoms with Gasteiger partial charge in [-0.15, -0.1) is 0 Å². The van der Waals surface area contributed by atoms with E-state index in [1.54, 1.807) is 0 Å². The van der Waals surface area contributed by atoms with Crippen molar-refractivity contribution in [3.8, 4) is 0 Å². The minimum absolute atomic E-state index is 0.460. The Balaban J connectivity index is 1.66. The van der Waals surface area contributed by atoms with Gasteiger partial charge in [-0.1, -0.05) is 6.07 Å². The molecule has 0 saturated carbocycles. The van der Waals surface area contributed by atoms with E-state index in [9.17, 15) is 0 Å². The molecular weight excluding hydrogens is 260 g/mol. The SMILES string of the molecule is Cc1ccc(CN2CC[C@H](c3nc(C)cc(C)n3)C2)cn1. The third kappa shape index (κ3) is 3.45. The quantitative estimate of drug-likeness (QED) is 0.868. The minimum Gasteiger partial charge on any atom is -0.298 e. The van der Waals surface area contributed by atoms with Gasteiger partial charge in [0.1, 0.15) is 5.82 Å². The summed E-state index contributed by atoms with van der Waals surface area (Å²) >= 11 is 0. The Morgan fingerprint density at radius 1 is 1.10 bits per heavy atom. The highest BCUT2D eigenvalue weighted by atomic mass is 15.2. The summed E-state index contributed by atoms with van der Waals surface area (Å²) in [7, 11) is 0. The molecule has 1 saturated heterocycles. The summed E-state index contributed by atoms with van der Waals surface area (Å²) < 4.78 is 0. The molecule has 2 aromatic rings. The zero-order chi connectivity index (χ0) is 14.8. The molecule has 21 heavy (non-hydrogen) atoms. The van der Waals surface area contributed by atoms with Gasteiger partial charge in [0.15, 0.2) is 0 Å². The highest BCUT2D eigenvalue weighted by Crippen LogP contribution is 2.26. The maximum atomic E-state index is 4.62. The van der Waals surface area contributed by atoms with Gasteiger partial charge >= 0.3 is 0 Å². The van der Waals surface area contributed by atoms with E-state index in [0.717, 1.165) is 49.0 Å². The summed E-state index contributed by atoms with van der Waals surface area (Å²) in [6.07, 6.45) is 3.12. The average molecular weight is 282 g/mol. The van der Waals surface area contributed by atoms with Crippen LogP contribution < -0.4 is 0 Å². The predicted octanol–water partition coefficient (Wildman–Crippen LogP) is 2.79. The second-order valence-corrected chi connectivity index (χ2v) is 6.04. The summed E-state index contributed by atoms with van der Waals surface area (Å²) in [6.45, 7) is 9.22. The van der Waals surface area contributed by atoms with Crippen LogP contribution in [0.4, 0.5) is 0 Å². The topological polar surface area (TPSA) is 41.9 Å². The van der Waals surface area contributed by atoms with Gasteiger partial charge in [0, 0.05) is 42.3 Å². The summed E-state index contributed by atoms with van der Waals surface area (Å²) in [6, 6.07) is 6.28. The molecule has 0 radical (unpaired) electrons. The van der Waals surface area contributed by atoms with Gasteiger partial charge < -0.3 is 0 Å². The fourth-order valence-corrected chi connectivity index (χ4v) is 2.97. The second-order valence-electron chi connectivity index (χ2n) is 6.04. The molecule has 2 aromatic heterocycles. The van der Waals surface area contributed by atoms with Crippen molar-refractivity contribution in [1.82, 2.24) is 19.9 Å². The number of pyridine rings is 1. The number of rotatable bonds is 3. The van der Waals surface area contributed by atoms with Crippen molar-refractivity contribution in [2.24, 2.45) is 0 Å². The fraction of sp³-hybridized carbons (Fsp3) is 0.471. The first-order valence-electron chi connectivity index (χ1n) is 7.56. The summed E-state index contributed by atoms with van der Waals surface area (Å²) in [5.74, 6) is 1.47. The first-order chi connectivity index (χ1) is 10.1. The van der Waals surface area contributed by atoms with Crippen LogP contribution in [0.5, 0.6) is 0 Å². The van der Waals surface area contributed by atoms with Crippen molar-refractivity contribution >= 4 is 0 Å². The van der Waals surface area contributed by atoms with Crippen LogP contribution in [0.3, 0.4) is 0 Å². The van der Waals surface area contributed by atoms with Crippen molar-refractivity contribution in [1.29, 1.82) is 0 Å². The number of nitrogens with zero attached hydrogens (tertiary/aromatic N) is 4. The molecule has 0 aromatic carbocycles. The van der Waals surface area contributed by atoms with Crippen molar-refractivity contribution in [2.75, 3.05) is 13.1 Å². The molecule has 1 aliphatic rings. The first kappa shape index (κ1) is 14.1. The molecule has 0 aliphatic carbocycles. The Labute approximate surface area is 126 Å². The van der Waals surface area contributed by atoms with Crippen LogP contribution in [0.25, 0.3) is 0 Å². The number of aromatic nitrogens is 3. The van der Waals surface area contributed by atoms with Crippen molar-refractivity contribution in [3.63, 3.8) is 0 Å². The molecule has 0 unspecified atom stereocenters. The van der Waals surface area contributed by atoms with E-state index in [-0.39, 0.29) is 0 Å². The number of aryl methyl sites for hydroxylation is 3. The molecule has 3 rings (SSSR count). The molecule has 1 aliphatic heterocycles. The highest BCUT2D eigenvalue weighted by Gasteiger charge is 2.26. The van der Waals surface area contributed by atoms with Crippen molar-refractivity contribution in [2.45, 2.75) is 39.7 Å². The molecule has 4 nitrogen and oxygen atoms in total. The number of hydrogen-bond donors (Lipinski definition) is 0. The number of hydrogen-bond acceptors (Lipinski definition) is 4. The van der Waals surface area contributed by atoms with Gasteiger partial charge in [-0.05, 0) is 51.4 Å². The van der Waals surface area contributed by atoms with E-state index in [2.05, 4.69) is 32.0 Å². The monoisotopic (exact) mass is 282 g/mol. The maximum absolute atomic E-state index is 4.62. The zero-order valence-corrected chi connectivity index (χ0v) is 13.0. The zero-order valence-electron chi connectivity index (χ0n) is 13.0. The van der Waals surface area contributed by atoms with E-state index < -0.39 is 0 Å². The van der Waals surface area contributed by atoms with Crippen LogP contribution in [0.1, 0.15) is 40.8 Å². The van der Waals surface area contributed by atoms with E-state index in [1.807, 2.05) is 33.0 Å². The van der Waals surface area contributed by atoms with E-state index in [0.29, 0.717) is 5.92 Å². The Hall–Kier alpha value is -1.81. The molecule has 110 valence electrons. The molecule has 1 atom stereocenters. The van der Waals surface area contributed by atoms with Crippen LogP contribution >= 0.6 is 0 Å². The predicted molar refractivity (Wildman–Crippen MR) is 83.1 cm³/mol. The van der Waals surface area contributed by atoms with Gasteiger partial charge in [-0.25, -0.2) is 9.97 Å². The van der Waals surface area contributed by atoms with Crippen molar-refractivity contribution < 1.29 is 0 Å². The lowest BCUT2D eigenvalue weighted by Crippen LogP contribution is -2.20. The van der Waals surface area contributed by atoms with Crippen LogP contribution in [0.15, 0.2) is 24.4 Å². The van der Waals surface area contributed by atoms with Crippen LogP contribution in [-0.2, 0) is 6.54 Å². The van der Waals surface area contributed by atoms with Gasteiger partial charge in [-0.3, -0.25) is 9.88 Å². The van der Waals surface area contributed by atoms with Crippen molar-refractivity contribution in [3.05, 3.63) is 52.9 Å². The van der Waals surface area contributed by atoms with E-state index in [4.69, 9.17) is 0 Å². The fourth-order valence-electron chi connectivity index (χ4n) is 2.97. The lowest BCUT2D eigenvalue weighted by Gasteiger charge is -2.16. The molecule has 0 amide bonds. The highest BCUT2D eigenvalue weighted by molar-refractivity contribution is 5.15. The summed E-state index contributed by atoms with van der Waals surface area (Å²) in [5, 5.41) is 0. The molecule has 1 fully saturated rings. The maximum Gasteiger partial charge on any atom is 0.133 e. The Morgan fingerprint density at radius 3 is 2.52 bits per heavy atom. The Kier molecular flexibility index (Phi) is 3.97. The average Bonchev–Trinajstić information content (AvgIpc) is 2.89. The summed E-state index contributed by atoms with van der Waals surface area (Å²) in [5.41, 5.74) is 4.49. The van der Waals surface area contributed by atoms with E-state index in [1.165, 1.54) is 5.56 Å². The molecule has 0 N–H and O–H groups in total. The van der Waals surface area contributed by atoms with Crippen LogP contribution in [0, 0.1) is 20.8 Å². The molecular formula is C17H22N4. The first-order valence-corrected chi connectivity index (χ1v) is 7.56. The lowest BCUT2D eigenvalue weighted by atomic mass is 10.1. The molecule has 4 heteroatoms. The van der Waals surface area contributed by atoms with Gasteiger partial charge in [0.05, 0.1) is 0 Å². The van der Waals surface area contributed by atoms with Crippen LogP contribution in [-0.4, -0.2) is 32.9 Å². The Bertz CT molecular complexity index is 601. The van der Waals surface area contributed by atoms with Gasteiger partial charge in [-0.2, -0.15) is 0 Å². The van der Waals surface area contributed by atoms with Gasteiger partial charge in [0.25, 0.3) is 0 Å². The standard InChI is InChI=1S/C17H22N4/c1-12-4-5-15(9-18-12)10-21-7-6-16(11-21)17-19-13(2)8-14(3)20-17/h4-5,8-9,16H,6-7,10-11H2,1-3H3/t16-/m0/s1. The lowest BCUT2D eigenvalue weighted by molar-refractivity contribution is 0.325. The molecule has 3 heterocycles. The third-order valence-electron chi connectivity index (χ3n) is 4.02. The Morgan fingerprint density at radius 2 is 1.86 bits per heavy atom. The second kappa shape index (κ2) is 5.90. The number of likely N-dealkylation sites (tertiary alicyclic amines) is 1. The minimum atomic E-state index is 0.460. The van der Waals surface area contributed by atoms with Crippen LogP contribution in [0.2, 0.25) is 0 Å². The molecule has 0 bridgehead atoms. The van der Waals surface area contributed by atoms with Gasteiger partial charge in [0.2, 0.25) is 0 Å². The van der Waals surface area contributed by atoms with E-state index >= 15 is 0 Å². The smallest absolute Gasteiger partial charge is 0.133 e. The largest absolute Gasteiger partial charge is 0.298 e.